The molecule has 3 aromatic rings. The molecule has 0 aliphatic rings. The molecule has 0 aromatic heterocycles. The van der Waals surface area contributed by atoms with E-state index in [-0.39, 0.29) is 5.82 Å². The van der Waals surface area contributed by atoms with Crippen LogP contribution in [0.25, 0.3) is 22.3 Å². The Kier molecular flexibility index (Phi) is 3.11. The maximum Gasteiger partial charge on any atom is 0.139 e. The molecule has 1 heteroatoms. The summed E-state index contributed by atoms with van der Waals surface area (Å²) in [5.74, 6) is -0.312. The van der Waals surface area contributed by atoms with E-state index < -0.39 is 0 Å². The van der Waals surface area contributed by atoms with Gasteiger partial charge in [-0.2, -0.15) is 0 Å². The Balaban J connectivity index is 2.25. The van der Waals surface area contributed by atoms with Gasteiger partial charge in [0.05, 0.1) is 0 Å². The lowest BCUT2D eigenvalue weighted by atomic mass is 9.94. The van der Waals surface area contributed by atoms with Gasteiger partial charge in [-0.3, -0.25) is 0 Å². The minimum atomic E-state index is -0.312. The maximum absolute atomic E-state index is 14.2. The van der Waals surface area contributed by atoms with Gasteiger partial charge < -0.3 is 0 Å². The minimum Gasteiger partial charge on any atom is -0.206 e. The highest BCUT2D eigenvalue weighted by molar-refractivity contribution is 5.83. The lowest BCUT2D eigenvalue weighted by molar-refractivity contribution is 0.629. The highest BCUT2D eigenvalue weighted by Gasteiger charge is 2.11. The summed E-state index contributed by atoms with van der Waals surface area (Å²) >= 11 is 0. The topological polar surface area (TPSA) is 0 Å². The summed E-state index contributed by atoms with van der Waals surface area (Å²) in [5, 5.41) is 0. The summed E-state index contributed by atoms with van der Waals surface area (Å²) in [6.07, 6.45) is 0. The second-order valence-electron chi connectivity index (χ2n) is 4.31. The van der Waals surface area contributed by atoms with E-state index in [1.165, 1.54) is 0 Å². The van der Waals surface area contributed by atoms with Crippen LogP contribution in [-0.2, 0) is 0 Å². The Labute approximate surface area is 112 Å². The molecule has 19 heavy (non-hydrogen) atoms. The van der Waals surface area contributed by atoms with Crippen LogP contribution in [-0.4, -0.2) is 0 Å². The van der Waals surface area contributed by atoms with Crippen LogP contribution in [0.1, 0.15) is 0 Å². The SMILES string of the molecule is Fc1[c]ccc(-c2ccccc2)c1-c1ccccc1. The number of rotatable bonds is 2. The Hall–Kier alpha value is -2.41. The monoisotopic (exact) mass is 247 g/mol. The van der Waals surface area contributed by atoms with Crippen molar-refractivity contribution in [2.45, 2.75) is 0 Å². The van der Waals surface area contributed by atoms with Crippen LogP contribution in [0, 0.1) is 11.9 Å². The molecule has 3 rings (SSSR count). The summed E-state index contributed by atoms with van der Waals surface area (Å²) in [6.45, 7) is 0. The number of hydrogen-bond donors (Lipinski definition) is 0. The van der Waals surface area contributed by atoms with Gasteiger partial charge in [-0.1, -0.05) is 72.8 Å². The highest BCUT2D eigenvalue weighted by atomic mass is 19.1. The van der Waals surface area contributed by atoms with E-state index in [0.717, 1.165) is 16.7 Å². The van der Waals surface area contributed by atoms with Crippen molar-refractivity contribution in [3.63, 3.8) is 0 Å². The second-order valence-corrected chi connectivity index (χ2v) is 4.31. The summed E-state index contributed by atoms with van der Waals surface area (Å²) in [4.78, 5) is 0. The first kappa shape index (κ1) is 11.7. The van der Waals surface area contributed by atoms with E-state index in [2.05, 4.69) is 6.07 Å². The van der Waals surface area contributed by atoms with Gasteiger partial charge in [-0.25, -0.2) is 4.39 Å². The fourth-order valence-corrected chi connectivity index (χ4v) is 2.22. The van der Waals surface area contributed by atoms with Crippen molar-refractivity contribution in [2.75, 3.05) is 0 Å². The number of hydrogen-bond acceptors (Lipinski definition) is 0. The Morgan fingerprint density at radius 1 is 0.684 bits per heavy atom. The van der Waals surface area contributed by atoms with Gasteiger partial charge >= 0.3 is 0 Å². The first-order valence-corrected chi connectivity index (χ1v) is 6.17. The van der Waals surface area contributed by atoms with E-state index in [4.69, 9.17) is 0 Å². The van der Waals surface area contributed by atoms with Gasteiger partial charge in [0.1, 0.15) is 5.82 Å². The van der Waals surface area contributed by atoms with Crippen LogP contribution < -0.4 is 0 Å². The van der Waals surface area contributed by atoms with Gasteiger partial charge in [0.2, 0.25) is 0 Å². The number of benzene rings is 3. The molecule has 3 aromatic carbocycles. The third kappa shape index (κ3) is 2.27. The molecule has 0 unspecified atom stereocenters. The fourth-order valence-electron chi connectivity index (χ4n) is 2.22. The Morgan fingerprint density at radius 3 is 1.89 bits per heavy atom. The molecule has 0 nitrogen and oxygen atoms in total. The van der Waals surface area contributed by atoms with E-state index in [1.54, 1.807) is 6.07 Å². The molecule has 0 atom stereocenters. The van der Waals surface area contributed by atoms with Gasteiger partial charge in [-0.05, 0) is 16.7 Å². The van der Waals surface area contributed by atoms with Crippen LogP contribution in [0.4, 0.5) is 4.39 Å². The molecule has 0 fully saturated rings. The minimum absolute atomic E-state index is 0.312. The molecule has 0 saturated heterocycles. The highest BCUT2D eigenvalue weighted by Crippen LogP contribution is 2.33. The second kappa shape index (κ2) is 5.07. The summed E-state index contributed by atoms with van der Waals surface area (Å²) in [6, 6.07) is 25.6. The molecular formula is C18H12F. The van der Waals surface area contributed by atoms with Crippen LogP contribution in [0.5, 0.6) is 0 Å². The lowest BCUT2D eigenvalue weighted by Crippen LogP contribution is -1.89. The van der Waals surface area contributed by atoms with Crippen LogP contribution in [0.15, 0.2) is 72.8 Å². The molecular weight excluding hydrogens is 235 g/mol. The van der Waals surface area contributed by atoms with E-state index >= 15 is 0 Å². The maximum atomic E-state index is 14.2. The first-order valence-electron chi connectivity index (χ1n) is 6.17. The molecule has 91 valence electrons. The van der Waals surface area contributed by atoms with Crippen molar-refractivity contribution in [1.82, 2.24) is 0 Å². The van der Waals surface area contributed by atoms with Crippen LogP contribution in [0.2, 0.25) is 0 Å². The zero-order valence-electron chi connectivity index (χ0n) is 10.3. The summed E-state index contributed by atoms with van der Waals surface area (Å²) in [7, 11) is 0. The predicted octanol–water partition coefficient (Wildman–Crippen LogP) is 4.96. The van der Waals surface area contributed by atoms with E-state index in [1.807, 2.05) is 66.7 Å². The standard InChI is InChI=1S/C18H12F/c19-17-13-7-12-16(14-8-3-1-4-9-14)18(17)15-10-5-2-6-11-15/h1-12H. The quantitative estimate of drug-likeness (QED) is 0.600. The molecule has 0 heterocycles. The van der Waals surface area contributed by atoms with Crippen molar-refractivity contribution in [3.05, 3.63) is 84.7 Å². The Bertz CT molecular complexity index is 673. The van der Waals surface area contributed by atoms with E-state index in [9.17, 15) is 4.39 Å². The van der Waals surface area contributed by atoms with Gasteiger partial charge in [-0.15, -0.1) is 0 Å². The smallest absolute Gasteiger partial charge is 0.139 e. The zero-order chi connectivity index (χ0) is 13.1. The lowest BCUT2D eigenvalue weighted by Gasteiger charge is -2.11. The van der Waals surface area contributed by atoms with Crippen molar-refractivity contribution in [1.29, 1.82) is 0 Å². The Morgan fingerprint density at radius 2 is 1.26 bits per heavy atom. The van der Waals surface area contributed by atoms with Crippen molar-refractivity contribution in [2.24, 2.45) is 0 Å². The summed E-state index contributed by atoms with van der Waals surface area (Å²) < 4.78 is 14.2. The van der Waals surface area contributed by atoms with Gasteiger partial charge in [0.15, 0.2) is 0 Å². The summed E-state index contributed by atoms with van der Waals surface area (Å²) in [5.41, 5.74) is 3.38. The van der Waals surface area contributed by atoms with E-state index in [0.29, 0.717) is 5.56 Å². The number of halogens is 1. The normalized spacial score (nSPS) is 10.4. The third-order valence-corrected chi connectivity index (χ3v) is 3.10. The molecule has 0 aliphatic carbocycles. The van der Waals surface area contributed by atoms with Gasteiger partial charge in [0, 0.05) is 11.6 Å². The molecule has 0 bridgehead atoms. The van der Waals surface area contributed by atoms with Crippen LogP contribution in [0.3, 0.4) is 0 Å². The average molecular weight is 247 g/mol. The third-order valence-electron chi connectivity index (χ3n) is 3.10. The fraction of sp³-hybridized carbons (Fsp3) is 0. The first-order chi connectivity index (χ1) is 9.36. The predicted molar refractivity (Wildman–Crippen MR) is 76.1 cm³/mol. The molecule has 0 spiro atoms. The molecule has 0 N–H and O–H groups in total. The van der Waals surface area contributed by atoms with Gasteiger partial charge in [0.25, 0.3) is 0 Å². The zero-order valence-corrected chi connectivity index (χ0v) is 10.3. The van der Waals surface area contributed by atoms with Crippen molar-refractivity contribution < 1.29 is 4.39 Å². The molecule has 0 aliphatic heterocycles. The van der Waals surface area contributed by atoms with Crippen molar-refractivity contribution in [3.8, 4) is 22.3 Å². The largest absolute Gasteiger partial charge is 0.206 e. The molecule has 0 amide bonds. The molecule has 1 radical (unpaired) electrons. The van der Waals surface area contributed by atoms with Crippen molar-refractivity contribution >= 4 is 0 Å². The van der Waals surface area contributed by atoms with Crippen LogP contribution >= 0.6 is 0 Å². The average Bonchev–Trinajstić information content (AvgIpc) is 2.49. The molecule has 0 saturated carbocycles.